The van der Waals surface area contributed by atoms with Crippen molar-refractivity contribution in [3.05, 3.63) is 35.0 Å². The maximum atomic E-state index is 12.5. The third-order valence-electron chi connectivity index (χ3n) is 5.86. The minimum Gasteiger partial charge on any atom is -0.465 e. The average molecular weight is 402 g/mol. The summed E-state index contributed by atoms with van der Waals surface area (Å²) in [5, 5.41) is 21.4. The molecule has 1 atom stereocenters. The number of carbonyl (C=O) groups excluding carboxylic acids is 2. The number of fused-ring (bicyclic) bond motifs is 1. The van der Waals surface area contributed by atoms with Gasteiger partial charge in [-0.05, 0) is 36.5 Å². The van der Waals surface area contributed by atoms with Crippen molar-refractivity contribution in [1.82, 2.24) is 9.47 Å². The molecule has 1 aliphatic carbocycles. The van der Waals surface area contributed by atoms with Crippen molar-refractivity contribution >= 4 is 22.8 Å². The van der Waals surface area contributed by atoms with Crippen LogP contribution in [0.25, 0.3) is 10.9 Å². The summed E-state index contributed by atoms with van der Waals surface area (Å²) >= 11 is 0. The molecule has 7 heteroatoms. The Balaban J connectivity index is 2.28. The summed E-state index contributed by atoms with van der Waals surface area (Å²) in [6, 6.07) is 5.30. The first-order valence-electron chi connectivity index (χ1n) is 10.1. The fourth-order valence-electron chi connectivity index (χ4n) is 4.35. The highest BCUT2D eigenvalue weighted by Gasteiger charge is 2.30. The van der Waals surface area contributed by atoms with E-state index in [1.54, 1.807) is 30.8 Å². The van der Waals surface area contributed by atoms with E-state index in [-0.39, 0.29) is 18.4 Å². The summed E-state index contributed by atoms with van der Waals surface area (Å²) in [5.74, 6) is -0.337. The van der Waals surface area contributed by atoms with Crippen LogP contribution in [0.15, 0.2) is 18.2 Å². The Kier molecular flexibility index (Phi) is 6.59. The molecule has 1 amide bonds. The number of esters is 1. The number of methoxy groups -OCH3 is 1. The van der Waals surface area contributed by atoms with Gasteiger partial charge in [0.1, 0.15) is 12.6 Å². The van der Waals surface area contributed by atoms with E-state index in [0.717, 1.165) is 36.6 Å². The second kappa shape index (κ2) is 8.97. The number of nitrogens with zero attached hydrogens (tertiary/aromatic N) is 2. The van der Waals surface area contributed by atoms with Crippen LogP contribution in [0, 0.1) is 0 Å². The van der Waals surface area contributed by atoms with Crippen molar-refractivity contribution in [2.24, 2.45) is 0 Å². The van der Waals surface area contributed by atoms with E-state index in [4.69, 9.17) is 4.74 Å². The highest BCUT2D eigenvalue weighted by Crippen LogP contribution is 2.42. The molecule has 2 N–H and O–H groups in total. The van der Waals surface area contributed by atoms with Crippen molar-refractivity contribution in [1.29, 1.82) is 0 Å². The van der Waals surface area contributed by atoms with Crippen LogP contribution in [0.3, 0.4) is 0 Å². The van der Waals surface area contributed by atoms with Gasteiger partial charge in [0, 0.05) is 25.0 Å². The Morgan fingerprint density at radius 1 is 1.24 bits per heavy atom. The number of hydrogen-bond donors (Lipinski definition) is 2. The maximum Gasteiger partial charge on any atom is 0.337 e. The third kappa shape index (κ3) is 4.16. The number of hydrogen-bond acceptors (Lipinski definition) is 5. The lowest BCUT2D eigenvalue weighted by Crippen LogP contribution is -2.28. The molecule has 0 radical (unpaired) electrons. The van der Waals surface area contributed by atoms with Gasteiger partial charge in [0.25, 0.3) is 0 Å². The Hall–Kier alpha value is -2.38. The van der Waals surface area contributed by atoms with E-state index in [9.17, 15) is 19.8 Å². The largest absolute Gasteiger partial charge is 0.465 e. The van der Waals surface area contributed by atoms with Crippen LogP contribution in [0.1, 0.15) is 65.7 Å². The first kappa shape index (κ1) is 21.3. The minimum absolute atomic E-state index is 0.0211. The third-order valence-corrected chi connectivity index (χ3v) is 5.86. The first-order chi connectivity index (χ1) is 13.9. The predicted molar refractivity (Wildman–Crippen MR) is 110 cm³/mol. The van der Waals surface area contributed by atoms with Crippen LogP contribution in [0.4, 0.5) is 0 Å². The Morgan fingerprint density at radius 2 is 1.93 bits per heavy atom. The lowest BCUT2D eigenvalue weighted by atomic mass is 9.82. The van der Waals surface area contributed by atoms with Crippen molar-refractivity contribution in [2.75, 3.05) is 27.8 Å². The zero-order valence-electron chi connectivity index (χ0n) is 17.4. The molecular formula is C22H30N2O5. The van der Waals surface area contributed by atoms with Crippen LogP contribution in [-0.2, 0) is 16.1 Å². The molecule has 1 unspecified atom stereocenters. The van der Waals surface area contributed by atoms with Gasteiger partial charge in [-0.2, -0.15) is 0 Å². The molecule has 0 saturated heterocycles. The van der Waals surface area contributed by atoms with E-state index in [1.165, 1.54) is 18.4 Å². The van der Waals surface area contributed by atoms with Crippen LogP contribution in [0.2, 0.25) is 0 Å². The number of benzene rings is 1. The molecule has 3 rings (SSSR count). The van der Waals surface area contributed by atoms with Crippen molar-refractivity contribution in [3.63, 3.8) is 0 Å². The van der Waals surface area contributed by atoms with Gasteiger partial charge in [0.2, 0.25) is 5.91 Å². The van der Waals surface area contributed by atoms with Crippen LogP contribution >= 0.6 is 0 Å². The molecule has 29 heavy (non-hydrogen) atoms. The van der Waals surface area contributed by atoms with Crippen LogP contribution in [-0.4, -0.2) is 59.4 Å². The molecule has 1 aromatic carbocycles. The molecule has 0 bridgehead atoms. The van der Waals surface area contributed by atoms with Gasteiger partial charge in [0.15, 0.2) is 0 Å². The van der Waals surface area contributed by atoms with Gasteiger partial charge in [-0.1, -0.05) is 25.3 Å². The zero-order valence-corrected chi connectivity index (χ0v) is 17.4. The highest BCUT2D eigenvalue weighted by molar-refractivity contribution is 5.97. The van der Waals surface area contributed by atoms with Gasteiger partial charge in [-0.3, -0.25) is 4.79 Å². The number of aliphatic hydroxyl groups excluding tert-OH is 2. The SMILES string of the molecule is COC(=O)c1ccc2c(C3CCCCC3)c(C(O)CO)n(CC(=O)N(C)C)c2c1. The number of ether oxygens (including phenoxy) is 1. The monoisotopic (exact) mass is 402 g/mol. The number of aromatic nitrogens is 1. The lowest BCUT2D eigenvalue weighted by Gasteiger charge is -2.25. The van der Waals surface area contributed by atoms with Crippen molar-refractivity contribution in [3.8, 4) is 0 Å². The van der Waals surface area contributed by atoms with Gasteiger partial charge in [-0.15, -0.1) is 0 Å². The van der Waals surface area contributed by atoms with Crippen molar-refractivity contribution < 1.29 is 24.5 Å². The second-order valence-electron chi connectivity index (χ2n) is 7.93. The van der Waals surface area contributed by atoms with E-state index in [0.29, 0.717) is 16.8 Å². The highest BCUT2D eigenvalue weighted by atomic mass is 16.5. The molecule has 158 valence electrons. The fraction of sp³-hybridized carbons (Fsp3) is 0.545. The second-order valence-corrected chi connectivity index (χ2v) is 7.93. The molecule has 0 spiro atoms. The molecule has 0 aliphatic heterocycles. The summed E-state index contributed by atoms with van der Waals surface area (Å²) in [4.78, 5) is 26.1. The normalized spacial score (nSPS) is 16.0. The molecule has 1 saturated carbocycles. The van der Waals surface area contributed by atoms with E-state index < -0.39 is 18.7 Å². The fourth-order valence-corrected chi connectivity index (χ4v) is 4.35. The molecule has 2 aromatic rings. The number of aliphatic hydroxyl groups is 2. The summed E-state index contributed by atoms with van der Waals surface area (Å²) in [6.07, 6.45) is 4.33. The van der Waals surface area contributed by atoms with Crippen molar-refractivity contribution in [2.45, 2.75) is 50.7 Å². The van der Waals surface area contributed by atoms with E-state index in [1.807, 2.05) is 6.07 Å². The smallest absolute Gasteiger partial charge is 0.337 e. The molecule has 1 heterocycles. The van der Waals surface area contributed by atoms with Crippen LogP contribution in [0.5, 0.6) is 0 Å². The van der Waals surface area contributed by atoms with Crippen LogP contribution < -0.4 is 0 Å². The van der Waals surface area contributed by atoms with Gasteiger partial charge < -0.3 is 24.4 Å². The minimum atomic E-state index is -1.10. The molecule has 1 fully saturated rings. The summed E-state index contributed by atoms with van der Waals surface area (Å²) in [6.45, 7) is -0.413. The summed E-state index contributed by atoms with van der Waals surface area (Å²) in [5.41, 5.74) is 2.65. The predicted octanol–water partition coefficient (Wildman–Crippen LogP) is 2.59. The Labute approximate surface area is 170 Å². The molecular weight excluding hydrogens is 372 g/mol. The van der Waals surface area contributed by atoms with Gasteiger partial charge >= 0.3 is 5.97 Å². The Bertz CT molecular complexity index is 896. The molecule has 7 nitrogen and oxygen atoms in total. The summed E-state index contributed by atoms with van der Waals surface area (Å²) in [7, 11) is 4.69. The number of rotatable bonds is 6. The van der Waals surface area contributed by atoms with Gasteiger partial charge in [0.05, 0.1) is 25.0 Å². The van der Waals surface area contributed by atoms with E-state index in [2.05, 4.69) is 0 Å². The number of carbonyl (C=O) groups is 2. The standard InChI is InChI=1S/C22H30N2O5/c1-23(2)19(27)12-24-17-11-15(22(28)29-3)9-10-16(17)20(21(24)18(26)13-25)14-7-5-4-6-8-14/h9-11,14,18,25-26H,4-8,12-13H2,1-3H3. The topological polar surface area (TPSA) is 92.0 Å². The first-order valence-corrected chi connectivity index (χ1v) is 10.1. The average Bonchev–Trinajstić information content (AvgIpc) is 3.06. The molecule has 1 aliphatic rings. The van der Waals surface area contributed by atoms with E-state index >= 15 is 0 Å². The maximum absolute atomic E-state index is 12.5. The quantitative estimate of drug-likeness (QED) is 0.725. The number of amides is 1. The van der Waals surface area contributed by atoms with Gasteiger partial charge in [-0.25, -0.2) is 4.79 Å². The number of likely N-dealkylation sites (N-methyl/N-ethyl adjacent to an activating group) is 1. The Morgan fingerprint density at radius 3 is 2.52 bits per heavy atom. The zero-order chi connectivity index (χ0) is 21.1. The summed E-state index contributed by atoms with van der Waals surface area (Å²) < 4.78 is 6.61. The molecule has 1 aromatic heterocycles. The lowest BCUT2D eigenvalue weighted by molar-refractivity contribution is -0.129.